The van der Waals surface area contributed by atoms with Crippen LogP contribution in [0.1, 0.15) is 13.3 Å². The number of carbonyl (C=O) groups is 1. The minimum absolute atomic E-state index is 0.0969. The number of hydrogen-bond acceptors (Lipinski definition) is 3. The Balaban J connectivity index is 3.48. The van der Waals surface area contributed by atoms with Gasteiger partial charge in [-0.25, -0.2) is 17.2 Å². The minimum Gasteiger partial charge on any atom is -0.352 e. The predicted octanol–water partition coefficient (Wildman–Crippen LogP) is 4.83. The van der Waals surface area contributed by atoms with Gasteiger partial charge < -0.3 is 4.57 Å². The summed E-state index contributed by atoms with van der Waals surface area (Å²) in [6.45, 7) is 14.3. The van der Waals surface area contributed by atoms with Gasteiger partial charge in [-0.1, -0.05) is 57.8 Å². The normalized spacial score (nSPS) is 12.8. The van der Waals surface area contributed by atoms with Gasteiger partial charge in [-0.15, -0.1) is 0 Å². The van der Waals surface area contributed by atoms with E-state index in [1.165, 1.54) is 24.3 Å². The molecule has 0 saturated heterocycles. The Bertz CT molecular complexity index is 710. The van der Waals surface area contributed by atoms with Crippen molar-refractivity contribution in [2.24, 2.45) is 0 Å². The monoisotopic (exact) mass is 420 g/mol. The number of benzene rings is 1. The van der Waals surface area contributed by atoms with Crippen molar-refractivity contribution in [3.8, 4) is 0 Å². The highest BCUT2D eigenvalue weighted by atomic mass is 35.5. The number of sulfonamides is 1. The van der Waals surface area contributed by atoms with E-state index in [4.69, 9.17) is 11.6 Å². The maximum atomic E-state index is 13.3. The van der Waals surface area contributed by atoms with Crippen molar-refractivity contribution in [3.63, 3.8) is 0 Å². The van der Waals surface area contributed by atoms with Gasteiger partial charge in [0.2, 0.25) is 0 Å². The van der Waals surface area contributed by atoms with Crippen LogP contribution in [0.4, 0.5) is 4.79 Å². The van der Waals surface area contributed by atoms with E-state index in [9.17, 15) is 13.2 Å². The van der Waals surface area contributed by atoms with Crippen molar-refractivity contribution >= 4 is 44.1 Å². The quantitative estimate of drug-likeness (QED) is 0.619. The molecule has 25 heavy (non-hydrogen) atoms. The van der Waals surface area contributed by atoms with Crippen LogP contribution in [-0.4, -0.2) is 46.0 Å². The topological polar surface area (TPSA) is 57.7 Å². The number of nitrogens with zero attached hydrogens (tertiary/aromatic N) is 2. The molecular formula is C16H29ClN2O3SSi2. The number of amides is 2. The molecule has 0 aliphatic rings. The van der Waals surface area contributed by atoms with E-state index in [1.807, 2.05) is 26.6 Å². The van der Waals surface area contributed by atoms with E-state index in [1.54, 1.807) is 4.57 Å². The van der Waals surface area contributed by atoms with Crippen molar-refractivity contribution in [1.82, 2.24) is 8.54 Å². The summed E-state index contributed by atoms with van der Waals surface area (Å²) in [7, 11) is -8.46. The Morgan fingerprint density at radius 1 is 1.00 bits per heavy atom. The first kappa shape index (κ1) is 22.2. The third-order valence-electron chi connectivity index (χ3n) is 3.62. The summed E-state index contributed by atoms with van der Waals surface area (Å²) < 4.78 is 29.4. The lowest BCUT2D eigenvalue weighted by atomic mass is 10.4. The largest absolute Gasteiger partial charge is 0.352 e. The standard InChI is InChI=1S/C16H29ClN2O3SSi2/c1-8-13-18(24(2,3)4)16(20)19(25(5,6)7)23(21,22)15-11-9-14(17)10-12-15/h9-12H,8,13H2,1-7H3. The highest BCUT2D eigenvalue weighted by Crippen LogP contribution is 2.27. The molecule has 9 heteroatoms. The number of carbonyl (C=O) groups excluding carboxylic acids is 1. The van der Waals surface area contributed by atoms with Crippen molar-refractivity contribution in [1.29, 1.82) is 0 Å². The van der Waals surface area contributed by atoms with Crippen LogP contribution in [0, 0.1) is 0 Å². The smallest absolute Gasteiger partial charge is 0.317 e. The second-order valence-electron chi connectivity index (χ2n) is 8.00. The fourth-order valence-corrected chi connectivity index (χ4v) is 9.27. The lowest BCUT2D eigenvalue weighted by molar-refractivity contribution is 0.214. The molecule has 0 N–H and O–H groups in total. The van der Waals surface area contributed by atoms with E-state index < -0.39 is 32.5 Å². The molecule has 0 heterocycles. The fourth-order valence-electron chi connectivity index (χ4n) is 2.51. The van der Waals surface area contributed by atoms with Crippen molar-refractivity contribution in [2.75, 3.05) is 6.54 Å². The zero-order chi connectivity index (χ0) is 19.6. The lowest BCUT2D eigenvalue weighted by Gasteiger charge is -2.42. The Kier molecular flexibility index (Phi) is 6.94. The molecule has 0 saturated carbocycles. The van der Waals surface area contributed by atoms with Crippen LogP contribution in [0.5, 0.6) is 0 Å². The summed E-state index contributed by atoms with van der Waals surface area (Å²) in [5.74, 6) is 0. The molecule has 0 unspecified atom stereocenters. The van der Waals surface area contributed by atoms with Crippen LogP contribution in [0.2, 0.25) is 44.3 Å². The third-order valence-corrected chi connectivity index (χ3v) is 11.2. The fraction of sp³-hybridized carbons (Fsp3) is 0.562. The zero-order valence-corrected chi connectivity index (χ0v) is 19.7. The average Bonchev–Trinajstić information content (AvgIpc) is 2.41. The van der Waals surface area contributed by atoms with E-state index in [0.29, 0.717) is 11.6 Å². The van der Waals surface area contributed by atoms with Crippen molar-refractivity contribution in [3.05, 3.63) is 29.3 Å². The summed E-state index contributed by atoms with van der Waals surface area (Å²) in [6.07, 6.45) is 0.788. The summed E-state index contributed by atoms with van der Waals surface area (Å²) in [6, 6.07) is 5.58. The van der Waals surface area contributed by atoms with Crippen molar-refractivity contribution in [2.45, 2.75) is 57.5 Å². The summed E-state index contributed by atoms with van der Waals surface area (Å²) >= 11 is 5.88. The zero-order valence-electron chi connectivity index (χ0n) is 16.1. The van der Waals surface area contributed by atoms with E-state index in [2.05, 4.69) is 19.6 Å². The molecule has 0 atom stereocenters. The Morgan fingerprint density at radius 2 is 1.48 bits per heavy atom. The second kappa shape index (κ2) is 7.81. The van der Waals surface area contributed by atoms with Crippen molar-refractivity contribution < 1.29 is 13.2 Å². The van der Waals surface area contributed by atoms with Crippen LogP contribution >= 0.6 is 11.6 Å². The molecule has 0 aliphatic carbocycles. The SMILES string of the molecule is CCCN(C(=O)N([Si](C)(C)C)S(=O)(=O)c1ccc(Cl)cc1)[Si](C)(C)C. The minimum atomic E-state index is -3.93. The Labute approximate surface area is 159 Å². The molecule has 2 amide bonds. The van der Waals surface area contributed by atoms with Crippen LogP contribution in [-0.2, 0) is 10.0 Å². The van der Waals surface area contributed by atoms with Gasteiger partial charge in [-0.2, -0.15) is 0 Å². The van der Waals surface area contributed by atoms with Gasteiger partial charge >= 0.3 is 6.03 Å². The van der Waals surface area contributed by atoms with E-state index >= 15 is 0 Å². The second-order valence-corrected chi connectivity index (χ2v) is 20.2. The molecule has 142 valence electrons. The number of rotatable bonds is 6. The average molecular weight is 421 g/mol. The van der Waals surface area contributed by atoms with Gasteiger partial charge in [0.1, 0.15) is 0 Å². The Morgan fingerprint density at radius 3 is 1.84 bits per heavy atom. The van der Waals surface area contributed by atoms with Gasteiger partial charge in [-0.3, -0.25) is 0 Å². The molecule has 0 aliphatic heterocycles. The molecular weight excluding hydrogens is 392 g/mol. The molecule has 1 rings (SSSR count). The van der Waals surface area contributed by atoms with Gasteiger partial charge in [0.15, 0.2) is 16.5 Å². The van der Waals surface area contributed by atoms with E-state index in [-0.39, 0.29) is 4.90 Å². The van der Waals surface area contributed by atoms with Gasteiger partial charge in [0.25, 0.3) is 10.0 Å². The first-order valence-corrected chi connectivity index (χ1v) is 17.1. The van der Waals surface area contributed by atoms with Gasteiger partial charge in [0, 0.05) is 11.6 Å². The summed E-state index contributed by atoms with van der Waals surface area (Å²) in [5, 5.41) is 0.458. The first-order valence-electron chi connectivity index (χ1n) is 8.35. The first-order chi connectivity index (χ1) is 11.2. The van der Waals surface area contributed by atoms with Gasteiger partial charge in [-0.05, 0) is 30.7 Å². The van der Waals surface area contributed by atoms with E-state index in [0.717, 1.165) is 10.4 Å². The molecule has 5 nitrogen and oxygen atoms in total. The molecule has 1 aromatic rings. The number of hydrogen-bond donors (Lipinski definition) is 0. The summed E-state index contributed by atoms with van der Waals surface area (Å²) in [5.41, 5.74) is 0. The van der Waals surface area contributed by atoms with Crippen LogP contribution in [0.25, 0.3) is 0 Å². The molecule has 0 fully saturated rings. The van der Waals surface area contributed by atoms with Crippen LogP contribution < -0.4 is 0 Å². The number of urea groups is 1. The lowest BCUT2D eigenvalue weighted by Crippen LogP contribution is -2.62. The predicted molar refractivity (Wildman–Crippen MR) is 110 cm³/mol. The number of halogens is 1. The molecule has 0 radical (unpaired) electrons. The molecule has 0 bridgehead atoms. The highest BCUT2D eigenvalue weighted by Gasteiger charge is 2.43. The highest BCUT2D eigenvalue weighted by molar-refractivity contribution is 7.91. The molecule has 0 aromatic heterocycles. The molecule has 1 aromatic carbocycles. The molecule has 0 spiro atoms. The van der Waals surface area contributed by atoms with Gasteiger partial charge in [0.05, 0.1) is 4.90 Å². The maximum absolute atomic E-state index is 13.3. The third kappa shape index (κ3) is 5.32. The Hall–Kier alpha value is -0.836. The van der Waals surface area contributed by atoms with Crippen LogP contribution in [0.15, 0.2) is 29.2 Å². The van der Waals surface area contributed by atoms with Crippen LogP contribution in [0.3, 0.4) is 0 Å². The summed E-state index contributed by atoms with van der Waals surface area (Å²) in [4.78, 5) is 13.4. The maximum Gasteiger partial charge on any atom is 0.317 e.